The molecule has 0 fully saturated rings. The highest BCUT2D eigenvalue weighted by Gasteiger charge is 2.38. The molecule has 6 aromatic rings. The number of nitrogens with zero attached hydrogens (tertiary/aromatic N) is 1. The number of furan rings is 1. The van der Waals surface area contributed by atoms with E-state index in [4.69, 9.17) is 4.42 Å². The average molecular weight is 644 g/mol. The van der Waals surface area contributed by atoms with Crippen molar-refractivity contribution in [3.05, 3.63) is 143 Å². The molecule has 0 bridgehead atoms. The van der Waals surface area contributed by atoms with Crippen molar-refractivity contribution in [2.45, 2.75) is 72.0 Å². The predicted octanol–water partition coefficient (Wildman–Crippen LogP) is 13.1. The summed E-state index contributed by atoms with van der Waals surface area (Å²) in [5.74, 6) is 1.04. The van der Waals surface area contributed by atoms with Crippen LogP contribution in [-0.2, 0) is 10.8 Å². The molecular formula is C45H45NOSi. The van der Waals surface area contributed by atoms with Gasteiger partial charge in [0.25, 0.3) is 0 Å². The number of hydrogen-bond donors (Lipinski definition) is 0. The van der Waals surface area contributed by atoms with Crippen LogP contribution in [0.4, 0.5) is 17.1 Å². The van der Waals surface area contributed by atoms with Crippen LogP contribution in [-0.4, -0.2) is 8.07 Å². The van der Waals surface area contributed by atoms with Crippen molar-refractivity contribution in [2.24, 2.45) is 0 Å². The fraction of sp³-hybridized carbons (Fsp3) is 0.244. The van der Waals surface area contributed by atoms with E-state index in [0.717, 1.165) is 28.4 Å². The van der Waals surface area contributed by atoms with Crippen LogP contribution < -0.4 is 4.90 Å². The summed E-state index contributed by atoms with van der Waals surface area (Å²) in [6.07, 6.45) is 2.27. The second-order valence-electron chi connectivity index (χ2n) is 15.8. The fourth-order valence-electron chi connectivity index (χ4n) is 8.66. The van der Waals surface area contributed by atoms with E-state index in [1.165, 1.54) is 60.7 Å². The van der Waals surface area contributed by atoms with Crippen LogP contribution in [0.2, 0.25) is 19.6 Å². The van der Waals surface area contributed by atoms with Gasteiger partial charge in [0.1, 0.15) is 5.76 Å². The van der Waals surface area contributed by atoms with E-state index in [1.807, 2.05) is 0 Å². The molecule has 240 valence electrons. The molecule has 48 heavy (non-hydrogen) atoms. The van der Waals surface area contributed by atoms with Gasteiger partial charge in [0.15, 0.2) is 5.58 Å². The Morgan fingerprint density at radius 1 is 0.625 bits per heavy atom. The lowest BCUT2D eigenvalue weighted by atomic mass is 9.82. The first-order chi connectivity index (χ1) is 22.8. The van der Waals surface area contributed by atoms with Crippen LogP contribution in [0.3, 0.4) is 0 Å². The molecular weight excluding hydrogens is 599 g/mol. The van der Waals surface area contributed by atoms with Gasteiger partial charge in [-0.2, -0.15) is 0 Å². The first-order valence-corrected chi connectivity index (χ1v) is 20.8. The lowest BCUT2D eigenvalue weighted by molar-refractivity contribution is 0.599. The monoisotopic (exact) mass is 643 g/mol. The number of anilines is 3. The zero-order valence-corrected chi connectivity index (χ0v) is 30.7. The Bertz CT molecular complexity index is 2200. The molecule has 5 aromatic carbocycles. The number of hydrogen-bond acceptors (Lipinski definition) is 2. The van der Waals surface area contributed by atoms with E-state index < -0.39 is 8.07 Å². The molecule has 0 atom stereocenters. The van der Waals surface area contributed by atoms with Crippen molar-refractivity contribution in [1.82, 2.24) is 0 Å². The lowest BCUT2D eigenvalue weighted by Crippen LogP contribution is -2.22. The topological polar surface area (TPSA) is 16.4 Å². The highest BCUT2D eigenvalue weighted by molar-refractivity contribution is 6.93. The number of benzene rings is 5. The second-order valence-corrected chi connectivity index (χ2v) is 20.8. The third kappa shape index (κ3) is 4.30. The Morgan fingerprint density at radius 2 is 1.12 bits per heavy atom. The molecule has 1 aromatic heterocycles. The SMILES string of the molecule is C/C=C(\c1oc2c(N(c3ccc4c(c3)C(C)(C)c3ccccc3-4)c3ccc4c(c3)C(C)(C)c3ccccc3-4)cccc2c1C)[Si](C)(C)C. The third-order valence-corrected chi connectivity index (χ3v) is 13.3. The summed E-state index contributed by atoms with van der Waals surface area (Å²) in [5.41, 5.74) is 16.1. The number of para-hydroxylation sites is 1. The Hall–Kier alpha value is -4.60. The van der Waals surface area contributed by atoms with Gasteiger partial charge in [-0.05, 0) is 93.9 Å². The predicted molar refractivity (Wildman–Crippen MR) is 208 cm³/mol. The van der Waals surface area contributed by atoms with Gasteiger partial charge in [0, 0.05) is 33.2 Å². The maximum Gasteiger partial charge on any atom is 0.159 e. The minimum Gasteiger partial charge on any atom is -0.454 e. The van der Waals surface area contributed by atoms with Gasteiger partial charge in [0.2, 0.25) is 0 Å². The maximum absolute atomic E-state index is 7.03. The molecule has 0 saturated heterocycles. The van der Waals surface area contributed by atoms with Gasteiger partial charge in [-0.3, -0.25) is 0 Å². The summed E-state index contributed by atoms with van der Waals surface area (Å²) in [6, 6.07) is 38.6. The molecule has 0 radical (unpaired) electrons. The Labute approximate surface area is 286 Å². The molecule has 8 rings (SSSR count). The van der Waals surface area contributed by atoms with Gasteiger partial charge < -0.3 is 9.32 Å². The molecule has 3 heteroatoms. The van der Waals surface area contributed by atoms with Gasteiger partial charge >= 0.3 is 0 Å². The van der Waals surface area contributed by atoms with Gasteiger partial charge in [-0.25, -0.2) is 0 Å². The largest absolute Gasteiger partial charge is 0.454 e. The van der Waals surface area contributed by atoms with Crippen LogP contribution in [0.1, 0.15) is 68.2 Å². The highest BCUT2D eigenvalue weighted by Crippen LogP contribution is 2.54. The standard InChI is InChI=1S/C45H45NOSi/c1-10-41(48(7,8)9)42-28(2)31-18-15-21-40(43(31)47-42)46(29-22-24-34-32-16-11-13-19-36(32)44(3,4)38(34)26-29)30-23-25-35-33-17-12-14-20-37(33)45(5,6)39(35)27-30/h10-27H,1-9H3/b41-10+. The smallest absolute Gasteiger partial charge is 0.159 e. The first-order valence-electron chi connectivity index (χ1n) is 17.3. The van der Waals surface area contributed by atoms with E-state index in [-0.39, 0.29) is 10.8 Å². The van der Waals surface area contributed by atoms with Crippen molar-refractivity contribution in [1.29, 1.82) is 0 Å². The molecule has 2 aliphatic rings. The molecule has 0 unspecified atom stereocenters. The molecule has 0 aliphatic heterocycles. The van der Waals surface area contributed by atoms with Crippen LogP contribution in [0.25, 0.3) is 38.4 Å². The zero-order chi connectivity index (χ0) is 33.7. The molecule has 0 spiro atoms. The second kappa shape index (κ2) is 10.4. The first kappa shape index (κ1) is 30.7. The normalized spacial score (nSPS) is 15.6. The van der Waals surface area contributed by atoms with E-state index in [0.29, 0.717) is 0 Å². The van der Waals surface area contributed by atoms with Gasteiger partial charge in [-0.15, -0.1) is 0 Å². The molecule has 1 heterocycles. The number of rotatable bonds is 5. The molecule has 2 aliphatic carbocycles. The Morgan fingerprint density at radius 3 is 1.62 bits per heavy atom. The molecule has 0 amide bonds. The number of fused-ring (bicyclic) bond motifs is 7. The van der Waals surface area contributed by atoms with Crippen molar-refractivity contribution in [3.63, 3.8) is 0 Å². The number of allylic oxidation sites excluding steroid dienone is 1. The van der Waals surface area contributed by atoms with Crippen LogP contribution in [0.15, 0.2) is 114 Å². The lowest BCUT2D eigenvalue weighted by Gasteiger charge is -2.29. The van der Waals surface area contributed by atoms with Crippen LogP contribution in [0.5, 0.6) is 0 Å². The third-order valence-electron chi connectivity index (χ3n) is 11.2. The fourth-order valence-corrected chi connectivity index (χ4v) is 10.4. The summed E-state index contributed by atoms with van der Waals surface area (Å²) in [4.78, 5) is 2.44. The van der Waals surface area contributed by atoms with E-state index in [9.17, 15) is 0 Å². The number of aryl methyl sites for hydroxylation is 1. The summed E-state index contributed by atoms with van der Waals surface area (Å²) in [7, 11) is -1.66. The quantitative estimate of drug-likeness (QED) is 0.174. The van der Waals surface area contributed by atoms with Gasteiger partial charge in [-0.1, -0.05) is 126 Å². The highest BCUT2D eigenvalue weighted by atomic mass is 28.3. The van der Waals surface area contributed by atoms with Crippen molar-refractivity contribution >= 4 is 41.3 Å². The average Bonchev–Trinajstić information content (AvgIpc) is 3.60. The van der Waals surface area contributed by atoms with Gasteiger partial charge in [0.05, 0.1) is 13.8 Å². The van der Waals surface area contributed by atoms with E-state index in [1.54, 1.807) is 0 Å². The minimum absolute atomic E-state index is 0.103. The molecule has 2 nitrogen and oxygen atoms in total. The summed E-state index contributed by atoms with van der Waals surface area (Å²) in [5, 5.41) is 2.54. The molecule has 0 saturated carbocycles. The maximum atomic E-state index is 7.03. The van der Waals surface area contributed by atoms with Crippen LogP contribution >= 0.6 is 0 Å². The Balaban J connectivity index is 1.38. The summed E-state index contributed by atoms with van der Waals surface area (Å²) in [6.45, 7) is 21.0. The van der Waals surface area contributed by atoms with E-state index in [2.05, 4.69) is 175 Å². The summed E-state index contributed by atoms with van der Waals surface area (Å²) >= 11 is 0. The minimum atomic E-state index is -1.66. The van der Waals surface area contributed by atoms with Crippen LogP contribution in [0, 0.1) is 6.92 Å². The van der Waals surface area contributed by atoms with Crippen molar-refractivity contribution < 1.29 is 4.42 Å². The van der Waals surface area contributed by atoms with Crippen molar-refractivity contribution in [2.75, 3.05) is 4.90 Å². The van der Waals surface area contributed by atoms with Crippen molar-refractivity contribution in [3.8, 4) is 22.3 Å². The van der Waals surface area contributed by atoms with E-state index >= 15 is 0 Å². The Kier molecular flexibility index (Phi) is 6.68. The zero-order valence-electron chi connectivity index (χ0n) is 29.7. The summed E-state index contributed by atoms with van der Waals surface area (Å²) < 4.78 is 7.03. The molecule has 0 N–H and O–H groups in total.